The first kappa shape index (κ1) is 17.9. The molecule has 0 unspecified atom stereocenters. The maximum absolute atomic E-state index is 12.4. The molecule has 1 atom stereocenters. The number of para-hydroxylation sites is 2. The summed E-state index contributed by atoms with van der Waals surface area (Å²) in [6.45, 7) is 2.40. The van der Waals surface area contributed by atoms with E-state index in [1.54, 1.807) is 23.1 Å². The summed E-state index contributed by atoms with van der Waals surface area (Å²) in [5.74, 6) is -0.0167. The second-order valence-electron chi connectivity index (χ2n) is 5.86. The zero-order chi connectivity index (χ0) is 17.8. The van der Waals surface area contributed by atoms with E-state index in [1.165, 1.54) is 4.70 Å². The number of carbonyl (C=O) groups excluding carboxylic acids is 1. The molecular formula is C19H21N3OS2. The number of thiazole rings is 1. The minimum atomic E-state index is -0.0167. The highest BCUT2D eigenvalue weighted by atomic mass is 32.2. The molecule has 0 spiro atoms. The molecule has 1 N–H and O–H groups in total. The second-order valence-corrected chi connectivity index (χ2v) is 7.77. The van der Waals surface area contributed by atoms with Gasteiger partial charge in [0.2, 0.25) is 5.91 Å². The van der Waals surface area contributed by atoms with E-state index in [0.717, 1.165) is 21.1 Å². The van der Waals surface area contributed by atoms with Crippen molar-refractivity contribution in [2.24, 2.45) is 0 Å². The molecule has 6 heteroatoms. The molecule has 0 bridgehead atoms. The molecule has 0 aliphatic rings. The number of benzene rings is 2. The Morgan fingerprint density at radius 2 is 1.96 bits per heavy atom. The van der Waals surface area contributed by atoms with Gasteiger partial charge in [-0.3, -0.25) is 9.69 Å². The Kier molecular flexibility index (Phi) is 5.73. The third-order valence-electron chi connectivity index (χ3n) is 4.10. The van der Waals surface area contributed by atoms with Crippen molar-refractivity contribution < 1.29 is 4.79 Å². The lowest BCUT2D eigenvalue weighted by atomic mass is 10.3. The maximum Gasteiger partial charge on any atom is 0.238 e. The smallest absolute Gasteiger partial charge is 0.238 e. The van der Waals surface area contributed by atoms with Crippen LogP contribution in [0.3, 0.4) is 0 Å². The SMILES string of the molecule is CSc1ccccc1NC(=O)CN(C)[C@@H](C)c1nc2ccccc2s1. The van der Waals surface area contributed by atoms with Crippen molar-refractivity contribution in [3.63, 3.8) is 0 Å². The van der Waals surface area contributed by atoms with E-state index in [2.05, 4.69) is 18.3 Å². The fourth-order valence-electron chi connectivity index (χ4n) is 2.56. The van der Waals surface area contributed by atoms with Crippen LogP contribution in [0.15, 0.2) is 53.4 Å². The van der Waals surface area contributed by atoms with Gasteiger partial charge in [-0.2, -0.15) is 0 Å². The fourth-order valence-corrected chi connectivity index (χ4v) is 4.20. The molecule has 1 amide bonds. The molecule has 2 aromatic carbocycles. The number of hydrogen-bond donors (Lipinski definition) is 1. The van der Waals surface area contributed by atoms with Crippen molar-refractivity contribution in [3.8, 4) is 0 Å². The van der Waals surface area contributed by atoms with E-state index in [4.69, 9.17) is 4.98 Å². The van der Waals surface area contributed by atoms with Gasteiger partial charge in [-0.15, -0.1) is 23.1 Å². The Hall–Kier alpha value is -1.89. The van der Waals surface area contributed by atoms with E-state index in [9.17, 15) is 4.79 Å². The van der Waals surface area contributed by atoms with Crippen molar-refractivity contribution in [1.29, 1.82) is 0 Å². The third-order valence-corrected chi connectivity index (χ3v) is 6.11. The van der Waals surface area contributed by atoms with Crippen molar-refractivity contribution in [2.45, 2.75) is 17.9 Å². The van der Waals surface area contributed by atoms with Crippen molar-refractivity contribution in [3.05, 3.63) is 53.5 Å². The number of likely N-dealkylation sites (N-methyl/N-ethyl adjacent to an activating group) is 1. The highest BCUT2D eigenvalue weighted by molar-refractivity contribution is 7.98. The summed E-state index contributed by atoms with van der Waals surface area (Å²) < 4.78 is 1.18. The van der Waals surface area contributed by atoms with Crippen LogP contribution in [0.1, 0.15) is 18.0 Å². The quantitative estimate of drug-likeness (QED) is 0.641. The number of thioether (sulfide) groups is 1. The number of rotatable bonds is 6. The summed E-state index contributed by atoms with van der Waals surface area (Å²) in [6.07, 6.45) is 2.01. The summed E-state index contributed by atoms with van der Waals surface area (Å²) in [6, 6.07) is 16.1. The second kappa shape index (κ2) is 7.99. The van der Waals surface area contributed by atoms with Gasteiger partial charge in [0.15, 0.2) is 0 Å². The summed E-state index contributed by atoms with van der Waals surface area (Å²) in [7, 11) is 1.96. The van der Waals surface area contributed by atoms with Gasteiger partial charge in [-0.05, 0) is 44.5 Å². The number of fused-ring (bicyclic) bond motifs is 1. The zero-order valence-electron chi connectivity index (χ0n) is 14.5. The Balaban J connectivity index is 1.66. The molecule has 0 aliphatic carbocycles. The molecule has 0 radical (unpaired) electrons. The van der Waals surface area contributed by atoms with Crippen LogP contribution in [0.2, 0.25) is 0 Å². The standard InChI is InChI=1S/C19H21N3OS2/c1-13(19-21-15-9-5-7-11-17(15)25-19)22(2)12-18(23)20-14-8-4-6-10-16(14)24-3/h4-11,13H,12H2,1-3H3,(H,20,23)/t13-/m0/s1. The fraction of sp³-hybridized carbons (Fsp3) is 0.263. The summed E-state index contributed by atoms with van der Waals surface area (Å²) in [5, 5.41) is 4.04. The van der Waals surface area contributed by atoms with Gasteiger partial charge < -0.3 is 5.32 Å². The molecule has 3 rings (SSSR count). The Bertz CT molecular complexity index is 845. The van der Waals surface area contributed by atoms with Crippen LogP contribution in [-0.4, -0.2) is 35.6 Å². The zero-order valence-corrected chi connectivity index (χ0v) is 16.2. The molecule has 1 heterocycles. The predicted octanol–water partition coefficient (Wildman–Crippen LogP) is 4.65. The van der Waals surface area contributed by atoms with E-state index >= 15 is 0 Å². The maximum atomic E-state index is 12.4. The molecule has 0 fully saturated rings. The lowest BCUT2D eigenvalue weighted by Gasteiger charge is -2.22. The summed E-state index contributed by atoms with van der Waals surface area (Å²) >= 11 is 3.31. The van der Waals surface area contributed by atoms with Crippen LogP contribution >= 0.6 is 23.1 Å². The normalized spacial score (nSPS) is 12.5. The number of amides is 1. The number of nitrogens with one attached hydrogen (secondary N) is 1. The first-order valence-corrected chi connectivity index (χ1v) is 10.1. The van der Waals surface area contributed by atoms with Gasteiger partial charge in [0, 0.05) is 4.90 Å². The van der Waals surface area contributed by atoms with Crippen LogP contribution in [0.4, 0.5) is 5.69 Å². The van der Waals surface area contributed by atoms with Gasteiger partial charge in [0.25, 0.3) is 0 Å². The van der Waals surface area contributed by atoms with Gasteiger partial charge in [-0.1, -0.05) is 24.3 Å². The van der Waals surface area contributed by atoms with Crippen LogP contribution in [0.25, 0.3) is 10.2 Å². The van der Waals surface area contributed by atoms with E-state index < -0.39 is 0 Å². The molecule has 1 aromatic heterocycles. The molecular weight excluding hydrogens is 350 g/mol. The van der Waals surface area contributed by atoms with Gasteiger partial charge in [-0.25, -0.2) is 4.98 Å². The lowest BCUT2D eigenvalue weighted by molar-refractivity contribution is -0.117. The molecule has 3 aromatic rings. The van der Waals surface area contributed by atoms with Crippen LogP contribution in [-0.2, 0) is 4.79 Å². The van der Waals surface area contributed by atoms with Crippen LogP contribution < -0.4 is 5.32 Å². The molecule has 4 nitrogen and oxygen atoms in total. The highest BCUT2D eigenvalue weighted by Gasteiger charge is 2.19. The van der Waals surface area contributed by atoms with Crippen molar-refractivity contribution >= 4 is 44.9 Å². The predicted molar refractivity (Wildman–Crippen MR) is 108 cm³/mol. The number of aromatic nitrogens is 1. The van der Waals surface area contributed by atoms with Gasteiger partial charge in [0.1, 0.15) is 5.01 Å². The van der Waals surface area contributed by atoms with Crippen LogP contribution in [0.5, 0.6) is 0 Å². The summed E-state index contributed by atoms with van der Waals surface area (Å²) in [5.41, 5.74) is 1.88. The number of nitrogens with zero attached hydrogens (tertiary/aromatic N) is 2. The van der Waals surface area contributed by atoms with Crippen molar-refractivity contribution in [2.75, 3.05) is 25.2 Å². The lowest BCUT2D eigenvalue weighted by Crippen LogP contribution is -2.32. The Labute approximate surface area is 156 Å². The average Bonchev–Trinajstić information content (AvgIpc) is 3.05. The van der Waals surface area contributed by atoms with Crippen LogP contribution in [0, 0.1) is 0 Å². The number of carbonyl (C=O) groups is 1. The Morgan fingerprint density at radius 3 is 2.72 bits per heavy atom. The van der Waals surface area contributed by atoms with E-state index in [0.29, 0.717) is 6.54 Å². The molecule has 0 saturated carbocycles. The van der Waals surface area contributed by atoms with Gasteiger partial charge >= 0.3 is 0 Å². The van der Waals surface area contributed by atoms with Crippen molar-refractivity contribution in [1.82, 2.24) is 9.88 Å². The number of anilines is 1. The first-order valence-electron chi connectivity index (χ1n) is 8.07. The largest absolute Gasteiger partial charge is 0.324 e. The highest BCUT2D eigenvalue weighted by Crippen LogP contribution is 2.29. The monoisotopic (exact) mass is 371 g/mol. The average molecular weight is 372 g/mol. The molecule has 0 saturated heterocycles. The first-order chi connectivity index (χ1) is 12.1. The molecule has 130 valence electrons. The minimum Gasteiger partial charge on any atom is -0.324 e. The molecule has 25 heavy (non-hydrogen) atoms. The van der Waals surface area contributed by atoms with E-state index in [1.807, 2.05) is 60.7 Å². The van der Waals surface area contributed by atoms with Gasteiger partial charge in [0.05, 0.1) is 28.5 Å². The number of hydrogen-bond acceptors (Lipinski definition) is 5. The Morgan fingerprint density at radius 1 is 1.24 bits per heavy atom. The van der Waals surface area contributed by atoms with E-state index in [-0.39, 0.29) is 11.9 Å². The third kappa shape index (κ3) is 4.21. The topological polar surface area (TPSA) is 45.2 Å². The summed E-state index contributed by atoms with van der Waals surface area (Å²) in [4.78, 5) is 20.2. The minimum absolute atomic E-state index is 0.0167. The molecule has 0 aliphatic heterocycles.